The molecule has 9 nitrogen and oxygen atoms in total. The van der Waals surface area contributed by atoms with Crippen LogP contribution < -0.4 is 10.6 Å². The van der Waals surface area contributed by atoms with E-state index in [4.69, 9.17) is 4.52 Å². The Kier molecular flexibility index (Phi) is 7.51. The van der Waals surface area contributed by atoms with Crippen LogP contribution >= 0.6 is 0 Å². The predicted octanol–water partition coefficient (Wildman–Crippen LogP) is 1.50. The van der Waals surface area contributed by atoms with Gasteiger partial charge in [0.2, 0.25) is 21.8 Å². The van der Waals surface area contributed by atoms with Gasteiger partial charge in [-0.1, -0.05) is 24.4 Å². The molecule has 1 aliphatic carbocycles. The average Bonchev–Trinajstić information content (AvgIpc) is 3.10. The summed E-state index contributed by atoms with van der Waals surface area (Å²) < 4.78 is 32.3. The van der Waals surface area contributed by atoms with E-state index in [1.807, 2.05) is 0 Å². The zero-order valence-electron chi connectivity index (χ0n) is 17.8. The van der Waals surface area contributed by atoms with Crippen LogP contribution in [0.3, 0.4) is 0 Å². The summed E-state index contributed by atoms with van der Waals surface area (Å²) in [6, 6.07) is 0. The Morgan fingerprint density at radius 3 is 2.20 bits per heavy atom. The summed E-state index contributed by atoms with van der Waals surface area (Å²) in [6.45, 7) is 4.39. The fourth-order valence-electron chi connectivity index (χ4n) is 4.37. The molecule has 2 amide bonds. The molecule has 10 heteroatoms. The number of carbonyl (C=O) groups is 2. The molecule has 0 radical (unpaired) electrons. The molecule has 30 heavy (non-hydrogen) atoms. The van der Waals surface area contributed by atoms with Crippen LogP contribution in [0, 0.1) is 25.7 Å². The van der Waals surface area contributed by atoms with E-state index in [1.54, 1.807) is 13.8 Å². The molecule has 2 aliphatic rings. The zero-order chi connectivity index (χ0) is 21.7. The molecule has 0 spiro atoms. The summed E-state index contributed by atoms with van der Waals surface area (Å²) >= 11 is 0. The molecular weight excluding hydrogens is 408 g/mol. The molecule has 0 bridgehead atoms. The lowest BCUT2D eigenvalue weighted by Gasteiger charge is -2.31. The van der Waals surface area contributed by atoms with Gasteiger partial charge >= 0.3 is 0 Å². The Balaban J connectivity index is 1.48. The van der Waals surface area contributed by atoms with E-state index < -0.39 is 15.9 Å². The van der Waals surface area contributed by atoms with Gasteiger partial charge in [-0.15, -0.1) is 0 Å². The van der Waals surface area contributed by atoms with Crippen molar-refractivity contribution in [1.82, 2.24) is 20.1 Å². The maximum Gasteiger partial charge on any atom is 0.248 e. The Morgan fingerprint density at radius 1 is 1.00 bits per heavy atom. The highest BCUT2D eigenvalue weighted by Crippen LogP contribution is 2.28. The summed E-state index contributed by atoms with van der Waals surface area (Å²) in [5, 5.41) is 9.47. The highest BCUT2D eigenvalue weighted by Gasteiger charge is 2.36. The third-order valence-corrected chi connectivity index (χ3v) is 8.13. The van der Waals surface area contributed by atoms with Crippen molar-refractivity contribution in [3.63, 3.8) is 0 Å². The van der Waals surface area contributed by atoms with Crippen LogP contribution in [-0.4, -0.2) is 55.9 Å². The maximum atomic E-state index is 13.0. The van der Waals surface area contributed by atoms with Crippen molar-refractivity contribution < 1.29 is 22.5 Å². The van der Waals surface area contributed by atoms with Crippen LogP contribution in [0.5, 0.6) is 0 Å². The van der Waals surface area contributed by atoms with E-state index in [-0.39, 0.29) is 34.9 Å². The van der Waals surface area contributed by atoms with Crippen LogP contribution in [-0.2, 0) is 19.6 Å². The average molecular weight is 441 g/mol. The standard InChI is InChI=1S/C20H32N4O5S/c1-14-18(15(2)29-23-14)30(27,28)24-12-6-9-17(13-24)20(26)22-11-10-21-19(25)16-7-4-3-5-8-16/h16-17H,3-13H2,1-2H3,(H,21,25)(H,22,26). The first kappa shape index (κ1) is 22.7. The van der Waals surface area contributed by atoms with Crippen LogP contribution in [0.4, 0.5) is 0 Å². The van der Waals surface area contributed by atoms with Crippen molar-refractivity contribution in [1.29, 1.82) is 0 Å². The third kappa shape index (κ3) is 5.21. The Hall–Kier alpha value is -1.94. The fourth-order valence-corrected chi connectivity index (χ4v) is 6.19. The molecule has 2 fully saturated rings. The smallest absolute Gasteiger partial charge is 0.248 e. The minimum absolute atomic E-state index is 0.0679. The summed E-state index contributed by atoms with van der Waals surface area (Å²) in [6.07, 6.45) is 6.52. The van der Waals surface area contributed by atoms with E-state index >= 15 is 0 Å². The van der Waals surface area contributed by atoms with Crippen LogP contribution in [0.2, 0.25) is 0 Å². The minimum Gasteiger partial charge on any atom is -0.360 e. The van der Waals surface area contributed by atoms with Crippen molar-refractivity contribution in [3.05, 3.63) is 11.5 Å². The zero-order valence-corrected chi connectivity index (χ0v) is 18.6. The molecule has 1 saturated carbocycles. The second kappa shape index (κ2) is 9.91. The van der Waals surface area contributed by atoms with Gasteiger partial charge in [-0.05, 0) is 39.5 Å². The van der Waals surface area contributed by atoms with Crippen LogP contribution in [0.25, 0.3) is 0 Å². The molecule has 168 valence electrons. The van der Waals surface area contributed by atoms with Gasteiger partial charge in [0.05, 0.1) is 5.92 Å². The van der Waals surface area contributed by atoms with E-state index in [0.29, 0.717) is 38.2 Å². The van der Waals surface area contributed by atoms with Gasteiger partial charge in [-0.2, -0.15) is 4.31 Å². The molecule has 1 aromatic rings. The van der Waals surface area contributed by atoms with E-state index in [0.717, 1.165) is 25.7 Å². The maximum absolute atomic E-state index is 13.0. The molecule has 2 heterocycles. The van der Waals surface area contributed by atoms with Gasteiger partial charge in [-0.25, -0.2) is 8.42 Å². The van der Waals surface area contributed by atoms with Crippen molar-refractivity contribution in [3.8, 4) is 0 Å². The summed E-state index contributed by atoms with van der Waals surface area (Å²) in [4.78, 5) is 24.8. The van der Waals surface area contributed by atoms with E-state index in [9.17, 15) is 18.0 Å². The normalized spacial score (nSPS) is 21.3. The fraction of sp³-hybridized carbons (Fsp3) is 0.750. The monoisotopic (exact) mass is 440 g/mol. The highest BCUT2D eigenvalue weighted by molar-refractivity contribution is 7.89. The molecule has 1 atom stereocenters. The van der Waals surface area contributed by atoms with Crippen molar-refractivity contribution in [2.45, 2.75) is 63.7 Å². The quantitative estimate of drug-likeness (QED) is 0.620. The molecule has 3 rings (SSSR count). The Bertz CT molecular complexity index is 841. The molecule has 0 aromatic carbocycles. The van der Waals surface area contributed by atoms with Gasteiger partial charge in [0, 0.05) is 32.1 Å². The number of amides is 2. The third-order valence-electron chi connectivity index (χ3n) is 6.02. The van der Waals surface area contributed by atoms with Crippen molar-refractivity contribution >= 4 is 21.8 Å². The number of rotatable bonds is 7. The second-order valence-electron chi connectivity index (χ2n) is 8.27. The van der Waals surface area contributed by atoms with E-state index in [1.165, 1.54) is 10.7 Å². The SMILES string of the molecule is Cc1noc(C)c1S(=O)(=O)N1CCCC(C(=O)NCCNC(=O)C2CCCCC2)C1. The first-order valence-electron chi connectivity index (χ1n) is 10.8. The number of hydrogen-bond donors (Lipinski definition) is 2. The second-order valence-corrected chi connectivity index (χ2v) is 10.1. The molecule has 2 N–H and O–H groups in total. The number of aromatic nitrogens is 1. The summed E-state index contributed by atoms with van der Waals surface area (Å²) in [7, 11) is -3.76. The lowest BCUT2D eigenvalue weighted by molar-refractivity contribution is -0.127. The van der Waals surface area contributed by atoms with Gasteiger partial charge in [0.1, 0.15) is 10.6 Å². The topological polar surface area (TPSA) is 122 Å². The Morgan fingerprint density at radius 2 is 1.60 bits per heavy atom. The van der Waals surface area contributed by atoms with Gasteiger partial charge < -0.3 is 15.2 Å². The first-order valence-corrected chi connectivity index (χ1v) is 12.2. The van der Waals surface area contributed by atoms with Gasteiger partial charge in [-0.3, -0.25) is 9.59 Å². The molecule has 1 saturated heterocycles. The number of hydrogen-bond acceptors (Lipinski definition) is 6. The van der Waals surface area contributed by atoms with Gasteiger partial charge in [0.25, 0.3) is 0 Å². The number of aryl methyl sites for hydroxylation is 2. The Labute approximate surface area is 178 Å². The van der Waals surface area contributed by atoms with Gasteiger partial charge in [0.15, 0.2) is 5.76 Å². The number of piperidine rings is 1. The number of nitrogens with one attached hydrogen (secondary N) is 2. The number of sulfonamides is 1. The molecule has 1 aromatic heterocycles. The van der Waals surface area contributed by atoms with Crippen molar-refractivity contribution in [2.24, 2.45) is 11.8 Å². The lowest BCUT2D eigenvalue weighted by atomic mass is 9.89. The summed E-state index contributed by atoms with van der Waals surface area (Å²) in [5.41, 5.74) is 0.327. The predicted molar refractivity (Wildman–Crippen MR) is 110 cm³/mol. The van der Waals surface area contributed by atoms with Crippen molar-refractivity contribution in [2.75, 3.05) is 26.2 Å². The number of nitrogens with zero attached hydrogens (tertiary/aromatic N) is 2. The molecule has 1 unspecified atom stereocenters. The number of carbonyl (C=O) groups excluding carboxylic acids is 2. The molecular formula is C20H32N4O5S. The first-order chi connectivity index (χ1) is 14.3. The van der Waals surface area contributed by atoms with Crippen LogP contribution in [0.1, 0.15) is 56.4 Å². The van der Waals surface area contributed by atoms with Crippen LogP contribution in [0.15, 0.2) is 9.42 Å². The highest BCUT2D eigenvalue weighted by atomic mass is 32.2. The largest absolute Gasteiger partial charge is 0.360 e. The lowest BCUT2D eigenvalue weighted by Crippen LogP contribution is -2.46. The van der Waals surface area contributed by atoms with E-state index in [2.05, 4.69) is 15.8 Å². The molecule has 1 aliphatic heterocycles. The summed E-state index contributed by atoms with van der Waals surface area (Å²) in [5.74, 6) is -0.175. The minimum atomic E-state index is -3.76.